The second-order valence-electron chi connectivity index (χ2n) is 11.2. The number of aromatic nitrogens is 3. The highest BCUT2D eigenvalue weighted by molar-refractivity contribution is 6.36. The quantitative estimate of drug-likeness (QED) is 0.194. The van der Waals surface area contributed by atoms with E-state index in [9.17, 15) is 14.4 Å². The van der Waals surface area contributed by atoms with Crippen molar-refractivity contribution in [3.05, 3.63) is 80.3 Å². The fourth-order valence-electron chi connectivity index (χ4n) is 5.75. The molecule has 2 fully saturated rings. The summed E-state index contributed by atoms with van der Waals surface area (Å²) >= 11 is 13.7. The van der Waals surface area contributed by atoms with Gasteiger partial charge in [0.1, 0.15) is 5.65 Å². The number of carbonyl (C=O) groups excluding carboxylic acids is 2. The third kappa shape index (κ3) is 6.81. The van der Waals surface area contributed by atoms with Crippen molar-refractivity contribution in [1.29, 1.82) is 0 Å². The van der Waals surface area contributed by atoms with Crippen molar-refractivity contribution in [2.45, 2.75) is 50.9 Å². The van der Waals surface area contributed by atoms with E-state index in [-0.39, 0.29) is 29.5 Å². The van der Waals surface area contributed by atoms with E-state index in [1.165, 1.54) is 4.40 Å². The SMILES string of the molecule is COc1nc(-c2cccc(-c3ccn4c(=O)c(CNC[C@@H]5CCC(=O)N5)cnc4c3)c2Cl)cc(Cl)c1CNC[C@@H]1CCC(=O)N1. The first-order valence-corrected chi connectivity index (χ1v) is 15.6. The number of methoxy groups -OCH3 is 1. The molecular weight excluding hydrogens is 617 g/mol. The van der Waals surface area contributed by atoms with Crippen LogP contribution in [0.2, 0.25) is 10.0 Å². The molecule has 13 heteroatoms. The summed E-state index contributed by atoms with van der Waals surface area (Å²) in [6, 6.07) is 11.2. The van der Waals surface area contributed by atoms with Gasteiger partial charge < -0.3 is 26.0 Å². The molecule has 0 unspecified atom stereocenters. The summed E-state index contributed by atoms with van der Waals surface area (Å²) in [6.45, 7) is 1.99. The molecule has 5 heterocycles. The predicted molar refractivity (Wildman–Crippen MR) is 172 cm³/mol. The number of ether oxygens (including phenoxy) is 1. The molecule has 2 saturated heterocycles. The van der Waals surface area contributed by atoms with Gasteiger partial charge in [0, 0.05) is 85.8 Å². The molecule has 2 atom stereocenters. The average Bonchev–Trinajstić information content (AvgIpc) is 3.65. The largest absolute Gasteiger partial charge is 0.481 e. The Balaban J connectivity index is 1.20. The Morgan fingerprint density at radius 2 is 1.64 bits per heavy atom. The van der Waals surface area contributed by atoms with Crippen LogP contribution in [0.4, 0.5) is 0 Å². The van der Waals surface area contributed by atoms with Crippen LogP contribution in [0, 0.1) is 0 Å². The molecule has 0 spiro atoms. The molecule has 0 saturated carbocycles. The zero-order valence-corrected chi connectivity index (χ0v) is 26.2. The van der Waals surface area contributed by atoms with E-state index in [1.54, 1.807) is 25.6 Å². The molecule has 2 aliphatic rings. The molecular formula is C32H33Cl2N7O4. The first-order chi connectivity index (χ1) is 21.8. The third-order valence-corrected chi connectivity index (χ3v) is 8.90. The van der Waals surface area contributed by atoms with Crippen molar-refractivity contribution in [2.24, 2.45) is 0 Å². The highest BCUT2D eigenvalue weighted by atomic mass is 35.5. The van der Waals surface area contributed by atoms with Crippen LogP contribution in [0.1, 0.15) is 36.8 Å². The van der Waals surface area contributed by atoms with Crippen molar-refractivity contribution < 1.29 is 14.3 Å². The highest BCUT2D eigenvalue weighted by Crippen LogP contribution is 2.38. The minimum atomic E-state index is -0.164. The monoisotopic (exact) mass is 649 g/mol. The van der Waals surface area contributed by atoms with Gasteiger partial charge in [-0.2, -0.15) is 0 Å². The van der Waals surface area contributed by atoms with Gasteiger partial charge >= 0.3 is 0 Å². The minimum Gasteiger partial charge on any atom is -0.481 e. The zero-order chi connectivity index (χ0) is 31.5. The van der Waals surface area contributed by atoms with Crippen LogP contribution in [0.25, 0.3) is 28.0 Å². The standard InChI is InChI=1S/C32H33Cl2N7O4/c1-45-31-24(17-36-16-21-6-8-29(43)39-21)25(33)12-26(40-31)23-4-2-3-22(30(23)34)18-9-10-41-27(11-18)37-14-19(32(41)44)13-35-15-20-5-7-28(42)38-20/h2-4,9-12,14,20-21,35-36H,5-8,13,15-17H2,1H3,(H,38,42)(H,39,43)/t20-,21-/m0/s1. The fraction of sp³-hybridized carbons (Fsp3) is 0.344. The number of pyridine rings is 2. The Morgan fingerprint density at radius 1 is 0.956 bits per heavy atom. The van der Waals surface area contributed by atoms with E-state index in [1.807, 2.05) is 30.3 Å². The summed E-state index contributed by atoms with van der Waals surface area (Å²) in [6.07, 6.45) is 5.95. The van der Waals surface area contributed by atoms with Gasteiger partial charge in [-0.15, -0.1) is 0 Å². The lowest BCUT2D eigenvalue weighted by Gasteiger charge is -2.16. The summed E-state index contributed by atoms with van der Waals surface area (Å²) in [5.74, 6) is 0.516. The second-order valence-corrected chi connectivity index (χ2v) is 12.0. The number of rotatable bonds is 11. The number of benzene rings is 1. The topological polar surface area (TPSA) is 139 Å². The molecule has 4 aromatic rings. The maximum atomic E-state index is 13.2. The Hall–Kier alpha value is -4.03. The van der Waals surface area contributed by atoms with Crippen LogP contribution in [0.15, 0.2) is 53.6 Å². The van der Waals surface area contributed by atoms with E-state index in [0.717, 1.165) is 24.0 Å². The van der Waals surface area contributed by atoms with Crippen molar-refractivity contribution in [3.63, 3.8) is 0 Å². The Kier molecular flexibility index (Phi) is 9.32. The normalized spacial score (nSPS) is 17.9. The smallest absolute Gasteiger partial charge is 0.262 e. The molecule has 0 bridgehead atoms. The average molecular weight is 651 g/mol. The van der Waals surface area contributed by atoms with E-state index in [4.69, 9.17) is 32.9 Å². The van der Waals surface area contributed by atoms with Gasteiger partial charge in [0.05, 0.1) is 22.8 Å². The van der Waals surface area contributed by atoms with E-state index < -0.39 is 0 Å². The molecule has 11 nitrogen and oxygen atoms in total. The maximum absolute atomic E-state index is 13.2. The van der Waals surface area contributed by atoms with Crippen LogP contribution in [-0.4, -0.2) is 58.5 Å². The summed E-state index contributed by atoms with van der Waals surface area (Å²) in [4.78, 5) is 45.3. The molecule has 0 aliphatic carbocycles. The maximum Gasteiger partial charge on any atom is 0.262 e. The molecule has 3 aromatic heterocycles. The number of nitrogens with one attached hydrogen (secondary N) is 4. The summed E-state index contributed by atoms with van der Waals surface area (Å²) in [5, 5.41) is 13.4. The molecule has 6 rings (SSSR count). The lowest BCUT2D eigenvalue weighted by Crippen LogP contribution is -2.36. The molecule has 234 valence electrons. The second kappa shape index (κ2) is 13.5. The van der Waals surface area contributed by atoms with Crippen molar-refractivity contribution in [3.8, 4) is 28.3 Å². The van der Waals surface area contributed by atoms with E-state index in [0.29, 0.717) is 83.0 Å². The number of halogens is 2. The van der Waals surface area contributed by atoms with Crippen molar-refractivity contribution >= 4 is 40.7 Å². The summed E-state index contributed by atoms with van der Waals surface area (Å²) in [5.41, 5.74) is 4.33. The van der Waals surface area contributed by atoms with Crippen LogP contribution >= 0.6 is 23.2 Å². The van der Waals surface area contributed by atoms with Gasteiger partial charge in [0.15, 0.2) is 0 Å². The van der Waals surface area contributed by atoms with Gasteiger partial charge in [0.25, 0.3) is 5.56 Å². The molecule has 2 amide bonds. The first-order valence-electron chi connectivity index (χ1n) is 14.8. The van der Waals surface area contributed by atoms with Gasteiger partial charge in [-0.1, -0.05) is 41.4 Å². The number of hydrogen-bond donors (Lipinski definition) is 4. The fourth-order valence-corrected chi connectivity index (χ4v) is 6.34. The lowest BCUT2D eigenvalue weighted by molar-refractivity contribution is -0.120. The third-order valence-electron chi connectivity index (χ3n) is 8.16. The lowest BCUT2D eigenvalue weighted by atomic mass is 10.0. The van der Waals surface area contributed by atoms with Crippen LogP contribution < -0.4 is 31.6 Å². The van der Waals surface area contributed by atoms with Gasteiger partial charge in [-0.25, -0.2) is 9.97 Å². The van der Waals surface area contributed by atoms with Gasteiger partial charge in [0.2, 0.25) is 17.7 Å². The van der Waals surface area contributed by atoms with Crippen LogP contribution in [0.3, 0.4) is 0 Å². The number of amides is 2. The number of carbonyl (C=O) groups is 2. The van der Waals surface area contributed by atoms with Gasteiger partial charge in [-0.3, -0.25) is 18.8 Å². The number of fused-ring (bicyclic) bond motifs is 1. The molecule has 45 heavy (non-hydrogen) atoms. The summed E-state index contributed by atoms with van der Waals surface area (Å²) < 4.78 is 7.11. The number of hydrogen-bond acceptors (Lipinski definition) is 8. The van der Waals surface area contributed by atoms with Crippen molar-refractivity contribution in [1.82, 2.24) is 35.6 Å². The Labute approximate surface area is 269 Å². The molecule has 4 N–H and O–H groups in total. The molecule has 0 radical (unpaired) electrons. The Bertz CT molecular complexity index is 1830. The van der Waals surface area contributed by atoms with Crippen molar-refractivity contribution in [2.75, 3.05) is 20.2 Å². The zero-order valence-electron chi connectivity index (χ0n) is 24.7. The van der Waals surface area contributed by atoms with E-state index in [2.05, 4.69) is 26.3 Å². The number of nitrogens with zero attached hydrogens (tertiary/aromatic N) is 3. The molecule has 2 aliphatic heterocycles. The Morgan fingerprint density at radius 3 is 2.31 bits per heavy atom. The first kappa shape index (κ1) is 31.0. The van der Waals surface area contributed by atoms with Gasteiger partial charge in [-0.05, 0) is 36.6 Å². The predicted octanol–water partition coefficient (Wildman–Crippen LogP) is 3.48. The molecule has 1 aromatic carbocycles. The highest BCUT2D eigenvalue weighted by Gasteiger charge is 2.22. The summed E-state index contributed by atoms with van der Waals surface area (Å²) in [7, 11) is 1.54. The minimum absolute atomic E-state index is 0.0604. The van der Waals surface area contributed by atoms with Crippen LogP contribution in [-0.2, 0) is 22.7 Å². The van der Waals surface area contributed by atoms with Crippen LogP contribution in [0.5, 0.6) is 5.88 Å². The van der Waals surface area contributed by atoms with E-state index >= 15 is 0 Å².